The molecule has 0 fully saturated rings. The van der Waals surface area contributed by atoms with E-state index in [1.807, 2.05) is 13.8 Å². The molecule has 0 heterocycles. The van der Waals surface area contributed by atoms with E-state index < -0.39 is 10.0 Å². The Morgan fingerprint density at radius 2 is 2.12 bits per heavy atom. The van der Waals surface area contributed by atoms with Gasteiger partial charge in [-0.25, -0.2) is 13.1 Å². The lowest BCUT2D eigenvalue weighted by Crippen LogP contribution is -2.32. The van der Waals surface area contributed by atoms with E-state index in [4.69, 9.17) is 5.73 Å². The second kappa shape index (κ2) is 5.84. The van der Waals surface area contributed by atoms with Crippen molar-refractivity contribution in [3.63, 3.8) is 0 Å². The Labute approximate surface area is 111 Å². The normalized spacial score (nSPS) is 13.6. The summed E-state index contributed by atoms with van der Waals surface area (Å²) in [6, 6.07) is 4.58. The van der Waals surface area contributed by atoms with Crippen LogP contribution in [0.3, 0.4) is 0 Å². The molecule has 17 heavy (non-hydrogen) atoms. The number of sulfonamides is 1. The summed E-state index contributed by atoms with van der Waals surface area (Å²) in [4.78, 5) is 0.217. The monoisotopic (exact) mass is 320 g/mol. The van der Waals surface area contributed by atoms with E-state index >= 15 is 0 Å². The number of hydrogen-bond acceptors (Lipinski definition) is 3. The van der Waals surface area contributed by atoms with Crippen LogP contribution in [0.25, 0.3) is 0 Å². The van der Waals surface area contributed by atoms with Crippen molar-refractivity contribution in [3.8, 4) is 0 Å². The van der Waals surface area contributed by atoms with Gasteiger partial charge in [0.15, 0.2) is 0 Å². The molecule has 0 amide bonds. The van der Waals surface area contributed by atoms with Gasteiger partial charge in [-0.1, -0.05) is 13.3 Å². The summed E-state index contributed by atoms with van der Waals surface area (Å²) in [6.07, 6.45) is 1.75. The lowest BCUT2D eigenvalue weighted by molar-refractivity contribution is 0.543. The molecule has 0 aromatic heterocycles. The van der Waals surface area contributed by atoms with E-state index in [1.54, 1.807) is 12.1 Å². The van der Waals surface area contributed by atoms with Crippen LogP contribution in [0.5, 0.6) is 0 Å². The Bertz CT molecular complexity index is 488. The number of rotatable bonds is 5. The number of halogens is 1. The third kappa shape index (κ3) is 3.97. The van der Waals surface area contributed by atoms with E-state index in [1.165, 1.54) is 6.07 Å². The van der Waals surface area contributed by atoms with Crippen molar-refractivity contribution in [2.75, 3.05) is 5.73 Å². The number of nitrogen functional groups attached to an aromatic ring is 1. The summed E-state index contributed by atoms with van der Waals surface area (Å²) in [5.41, 5.74) is 6.10. The highest BCUT2D eigenvalue weighted by atomic mass is 79.9. The van der Waals surface area contributed by atoms with Gasteiger partial charge in [0.1, 0.15) is 0 Å². The van der Waals surface area contributed by atoms with Crippen molar-refractivity contribution >= 4 is 31.6 Å². The maximum Gasteiger partial charge on any atom is 0.241 e. The molecule has 0 saturated carbocycles. The molecule has 1 atom stereocenters. The van der Waals surface area contributed by atoms with Crippen molar-refractivity contribution in [2.24, 2.45) is 0 Å². The summed E-state index contributed by atoms with van der Waals surface area (Å²) >= 11 is 3.21. The molecule has 1 aromatic carbocycles. The molecule has 1 rings (SSSR count). The van der Waals surface area contributed by atoms with Gasteiger partial charge in [-0.2, -0.15) is 0 Å². The summed E-state index contributed by atoms with van der Waals surface area (Å²) < 4.78 is 27.3. The van der Waals surface area contributed by atoms with Crippen LogP contribution in [0, 0.1) is 0 Å². The number of benzene rings is 1. The van der Waals surface area contributed by atoms with Gasteiger partial charge < -0.3 is 5.73 Å². The van der Waals surface area contributed by atoms with Crippen molar-refractivity contribution in [1.82, 2.24) is 4.72 Å². The lowest BCUT2D eigenvalue weighted by Gasteiger charge is -2.14. The smallest absolute Gasteiger partial charge is 0.241 e. The van der Waals surface area contributed by atoms with Gasteiger partial charge in [-0.3, -0.25) is 0 Å². The van der Waals surface area contributed by atoms with Crippen molar-refractivity contribution in [1.29, 1.82) is 0 Å². The number of anilines is 1. The van der Waals surface area contributed by atoms with Gasteiger partial charge in [0, 0.05) is 16.2 Å². The van der Waals surface area contributed by atoms with Crippen LogP contribution in [0.1, 0.15) is 26.7 Å². The summed E-state index contributed by atoms with van der Waals surface area (Å²) in [6.45, 7) is 3.87. The molecule has 1 unspecified atom stereocenters. The first-order chi connectivity index (χ1) is 7.86. The quantitative estimate of drug-likeness (QED) is 0.819. The van der Waals surface area contributed by atoms with Gasteiger partial charge in [0.2, 0.25) is 10.0 Å². The minimum Gasteiger partial charge on any atom is -0.399 e. The molecule has 0 radical (unpaired) electrons. The minimum absolute atomic E-state index is 0.0746. The van der Waals surface area contributed by atoms with E-state index in [0.717, 1.165) is 12.8 Å². The van der Waals surface area contributed by atoms with Crippen molar-refractivity contribution in [2.45, 2.75) is 37.6 Å². The molecule has 3 N–H and O–H groups in total. The Morgan fingerprint density at radius 1 is 1.47 bits per heavy atom. The second-order valence-corrected chi connectivity index (χ2v) is 6.54. The van der Waals surface area contributed by atoms with Crippen LogP contribution >= 0.6 is 15.9 Å². The Kier molecular flexibility index (Phi) is 4.97. The first kappa shape index (κ1) is 14.5. The van der Waals surface area contributed by atoms with Gasteiger partial charge in [-0.15, -0.1) is 0 Å². The predicted octanol–water partition coefficient (Wildman–Crippen LogP) is 2.50. The molecule has 0 bridgehead atoms. The average molecular weight is 321 g/mol. The van der Waals surface area contributed by atoms with Crippen LogP contribution in [-0.2, 0) is 10.0 Å². The highest BCUT2D eigenvalue weighted by molar-refractivity contribution is 9.10. The molecule has 4 nitrogen and oxygen atoms in total. The lowest BCUT2D eigenvalue weighted by atomic mass is 10.2. The van der Waals surface area contributed by atoms with Crippen LogP contribution in [0.4, 0.5) is 5.69 Å². The number of hydrogen-bond donors (Lipinski definition) is 2. The molecular weight excluding hydrogens is 304 g/mol. The van der Waals surface area contributed by atoms with Gasteiger partial charge in [0.25, 0.3) is 0 Å². The third-order valence-corrected chi connectivity index (χ3v) is 4.89. The largest absolute Gasteiger partial charge is 0.399 e. The van der Waals surface area contributed by atoms with Gasteiger partial charge >= 0.3 is 0 Å². The zero-order valence-electron chi connectivity index (χ0n) is 9.90. The molecule has 6 heteroatoms. The van der Waals surface area contributed by atoms with Crippen LogP contribution in [-0.4, -0.2) is 14.5 Å². The second-order valence-electron chi connectivity index (χ2n) is 4.00. The first-order valence-electron chi connectivity index (χ1n) is 5.44. The molecule has 0 aliphatic rings. The molecule has 96 valence electrons. The average Bonchev–Trinajstić information content (AvgIpc) is 2.15. The summed E-state index contributed by atoms with van der Waals surface area (Å²) in [5.74, 6) is 0. The Balaban J connectivity index is 2.97. The zero-order chi connectivity index (χ0) is 13.1. The topological polar surface area (TPSA) is 72.2 Å². The first-order valence-corrected chi connectivity index (χ1v) is 7.71. The fraction of sp³-hybridized carbons (Fsp3) is 0.455. The third-order valence-electron chi connectivity index (χ3n) is 2.32. The highest BCUT2D eigenvalue weighted by Gasteiger charge is 2.19. The molecule has 0 spiro atoms. The summed E-state index contributed by atoms with van der Waals surface area (Å²) in [7, 11) is -3.48. The molecule has 0 aliphatic heterocycles. The van der Waals surface area contributed by atoms with Gasteiger partial charge in [-0.05, 0) is 47.5 Å². The van der Waals surface area contributed by atoms with Crippen molar-refractivity contribution < 1.29 is 8.42 Å². The van der Waals surface area contributed by atoms with E-state index in [-0.39, 0.29) is 10.9 Å². The zero-order valence-corrected chi connectivity index (χ0v) is 12.3. The van der Waals surface area contributed by atoms with Crippen LogP contribution in [0.15, 0.2) is 27.6 Å². The van der Waals surface area contributed by atoms with E-state index in [9.17, 15) is 8.42 Å². The molecule has 1 aromatic rings. The SMILES string of the molecule is CCCC(C)NS(=O)(=O)c1ccc(N)cc1Br. The fourth-order valence-electron chi connectivity index (χ4n) is 1.56. The maximum absolute atomic E-state index is 12.1. The highest BCUT2D eigenvalue weighted by Crippen LogP contribution is 2.24. The van der Waals surface area contributed by atoms with Crippen LogP contribution < -0.4 is 10.5 Å². The van der Waals surface area contributed by atoms with E-state index in [0.29, 0.717) is 10.2 Å². The van der Waals surface area contributed by atoms with Crippen molar-refractivity contribution in [3.05, 3.63) is 22.7 Å². The van der Waals surface area contributed by atoms with E-state index in [2.05, 4.69) is 20.7 Å². The van der Waals surface area contributed by atoms with Gasteiger partial charge in [0.05, 0.1) is 4.90 Å². The maximum atomic E-state index is 12.1. The Hall–Kier alpha value is -0.590. The molecule has 0 aliphatic carbocycles. The Morgan fingerprint density at radius 3 is 2.65 bits per heavy atom. The standard InChI is InChI=1S/C11H17BrN2O2S/c1-3-4-8(2)14-17(15,16)11-6-5-9(13)7-10(11)12/h5-8,14H,3-4,13H2,1-2H3. The minimum atomic E-state index is -3.48. The molecular formula is C11H17BrN2O2S. The van der Waals surface area contributed by atoms with Crippen LogP contribution in [0.2, 0.25) is 0 Å². The number of nitrogens with one attached hydrogen (secondary N) is 1. The molecule has 0 saturated heterocycles. The summed E-state index contributed by atoms with van der Waals surface area (Å²) in [5, 5.41) is 0. The predicted molar refractivity (Wildman–Crippen MR) is 73.2 cm³/mol. The number of nitrogens with two attached hydrogens (primary N) is 1. The fourth-order valence-corrected chi connectivity index (χ4v) is 3.93.